The van der Waals surface area contributed by atoms with E-state index in [9.17, 15) is 0 Å². The van der Waals surface area contributed by atoms with Crippen LogP contribution in [0.2, 0.25) is 0 Å². The molecule has 2 N–H and O–H groups in total. The zero-order valence-electron chi connectivity index (χ0n) is 11.0. The Hall–Kier alpha value is -1.87. The molecule has 2 aromatic rings. The summed E-state index contributed by atoms with van der Waals surface area (Å²) in [7, 11) is 0. The number of anilines is 1. The Bertz CT molecular complexity index is 539. The molecular weight excluding hydrogens is 234 g/mol. The van der Waals surface area contributed by atoms with Gasteiger partial charge in [0.25, 0.3) is 0 Å². The quantitative estimate of drug-likeness (QED) is 0.914. The van der Waals surface area contributed by atoms with Crippen molar-refractivity contribution in [1.82, 2.24) is 4.98 Å². The SMILES string of the molecule is NC[C@@H]1CCCN1c1ncccc1-c1ccccc1. The molecule has 2 heterocycles. The molecule has 1 aliphatic rings. The number of pyridine rings is 1. The fourth-order valence-electron chi connectivity index (χ4n) is 2.83. The Labute approximate surface area is 114 Å². The van der Waals surface area contributed by atoms with Crippen molar-refractivity contribution in [3.63, 3.8) is 0 Å². The Morgan fingerprint density at radius 1 is 1.16 bits per heavy atom. The van der Waals surface area contributed by atoms with E-state index in [1.807, 2.05) is 18.3 Å². The summed E-state index contributed by atoms with van der Waals surface area (Å²) in [6.07, 6.45) is 4.24. The maximum atomic E-state index is 5.88. The monoisotopic (exact) mass is 253 g/mol. The number of rotatable bonds is 3. The van der Waals surface area contributed by atoms with Gasteiger partial charge in [-0.25, -0.2) is 4.98 Å². The lowest BCUT2D eigenvalue weighted by Gasteiger charge is -2.26. The summed E-state index contributed by atoms with van der Waals surface area (Å²) in [4.78, 5) is 6.97. The second kappa shape index (κ2) is 5.41. The van der Waals surface area contributed by atoms with Crippen LogP contribution >= 0.6 is 0 Å². The van der Waals surface area contributed by atoms with E-state index in [0.717, 1.165) is 12.4 Å². The number of benzene rings is 1. The molecular formula is C16H19N3. The maximum Gasteiger partial charge on any atom is 0.136 e. The first kappa shape index (κ1) is 12.2. The molecule has 0 amide bonds. The van der Waals surface area contributed by atoms with E-state index in [1.165, 1.54) is 24.0 Å². The summed E-state index contributed by atoms with van der Waals surface area (Å²) >= 11 is 0. The Morgan fingerprint density at radius 2 is 2.00 bits per heavy atom. The van der Waals surface area contributed by atoms with Gasteiger partial charge in [0.2, 0.25) is 0 Å². The van der Waals surface area contributed by atoms with Gasteiger partial charge < -0.3 is 10.6 Å². The van der Waals surface area contributed by atoms with Gasteiger partial charge >= 0.3 is 0 Å². The lowest BCUT2D eigenvalue weighted by Crippen LogP contribution is -2.36. The molecule has 1 aromatic carbocycles. The average Bonchev–Trinajstić information content (AvgIpc) is 2.96. The van der Waals surface area contributed by atoms with E-state index in [4.69, 9.17) is 5.73 Å². The van der Waals surface area contributed by atoms with Crippen molar-refractivity contribution in [1.29, 1.82) is 0 Å². The van der Waals surface area contributed by atoms with Gasteiger partial charge in [-0.2, -0.15) is 0 Å². The Kier molecular flexibility index (Phi) is 3.47. The molecule has 1 saturated heterocycles. The second-order valence-corrected chi connectivity index (χ2v) is 4.97. The van der Waals surface area contributed by atoms with Gasteiger partial charge in [-0.05, 0) is 30.5 Å². The summed E-state index contributed by atoms with van der Waals surface area (Å²) in [6, 6.07) is 15.0. The number of aromatic nitrogens is 1. The predicted octanol–water partition coefficient (Wildman–Crippen LogP) is 2.68. The van der Waals surface area contributed by atoms with Crippen molar-refractivity contribution in [2.45, 2.75) is 18.9 Å². The van der Waals surface area contributed by atoms with Crippen molar-refractivity contribution in [2.75, 3.05) is 18.0 Å². The van der Waals surface area contributed by atoms with E-state index < -0.39 is 0 Å². The maximum absolute atomic E-state index is 5.88. The van der Waals surface area contributed by atoms with Crippen LogP contribution in [0, 0.1) is 0 Å². The fraction of sp³-hybridized carbons (Fsp3) is 0.312. The minimum absolute atomic E-state index is 0.428. The molecule has 3 nitrogen and oxygen atoms in total. The first-order valence-electron chi connectivity index (χ1n) is 6.87. The van der Waals surface area contributed by atoms with Crippen LogP contribution in [-0.2, 0) is 0 Å². The molecule has 19 heavy (non-hydrogen) atoms. The molecule has 0 bridgehead atoms. The number of nitrogens with zero attached hydrogens (tertiary/aromatic N) is 2. The first-order chi connectivity index (χ1) is 9.40. The molecule has 3 rings (SSSR count). The molecule has 0 aliphatic carbocycles. The minimum Gasteiger partial charge on any atom is -0.352 e. The molecule has 0 unspecified atom stereocenters. The number of hydrogen-bond acceptors (Lipinski definition) is 3. The van der Waals surface area contributed by atoms with Crippen molar-refractivity contribution >= 4 is 5.82 Å². The standard InChI is InChI=1S/C16H19N3/c17-12-14-8-5-11-19(14)16-15(9-4-10-18-16)13-6-2-1-3-7-13/h1-4,6-7,9-10,14H,5,8,11-12,17H2/t14-/m0/s1. The van der Waals surface area contributed by atoms with Gasteiger partial charge in [-0.1, -0.05) is 30.3 Å². The van der Waals surface area contributed by atoms with Crippen LogP contribution in [0.5, 0.6) is 0 Å². The number of hydrogen-bond donors (Lipinski definition) is 1. The predicted molar refractivity (Wildman–Crippen MR) is 79.1 cm³/mol. The smallest absolute Gasteiger partial charge is 0.136 e. The molecule has 1 atom stereocenters. The Balaban J connectivity index is 2.03. The van der Waals surface area contributed by atoms with E-state index >= 15 is 0 Å². The van der Waals surface area contributed by atoms with Crippen molar-refractivity contribution in [3.05, 3.63) is 48.7 Å². The van der Waals surface area contributed by atoms with Crippen molar-refractivity contribution in [2.24, 2.45) is 5.73 Å². The normalized spacial score (nSPS) is 18.8. The molecule has 0 saturated carbocycles. The summed E-state index contributed by atoms with van der Waals surface area (Å²) in [5.74, 6) is 1.07. The third-order valence-corrected chi connectivity index (χ3v) is 3.79. The zero-order chi connectivity index (χ0) is 13.1. The van der Waals surface area contributed by atoms with Crippen LogP contribution in [0.3, 0.4) is 0 Å². The van der Waals surface area contributed by atoms with Gasteiger partial charge in [-0.3, -0.25) is 0 Å². The summed E-state index contributed by atoms with van der Waals surface area (Å²) in [5.41, 5.74) is 8.29. The molecule has 0 spiro atoms. The highest BCUT2D eigenvalue weighted by Gasteiger charge is 2.26. The van der Waals surface area contributed by atoms with E-state index in [-0.39, 0.29) is 0 Å². The highest BCUT2D eigenvalue weighted by Crippen LogP contribution is 2.32. The molecule has 3 heteroatoms. The summed E-state index contributed by atoms with van der Waals surface area (Å²) in [6.45, 7) is 1.75. The van der Waals surface area contributed by atoms with Gasteiger partial charge in [0.05, 0.1) is 0 Å². The largest absolute Gasteiger partial charge is 0.352 e. The Morgan fingerprint density at radius 3 is 2.79 bits per heavy atom. The van der Waals surface area contributed by atoms with Crippen molar-refractivity contribution < 1.29 is 0 Å². The lowest BCUT2D eigenvalue weighted by atomic mass is 10.1. The van der Waals surface area contributed by atoms with Crippen LogP contribution in [-0.4, -0.2) is 24.1 Å². The zero-order valence-corrected chi connectivity index (χ0v) is 11.0. The van der Waals surface area contributed by atoms with Crippen molar-refractivity contribution in [3.8, 4) is 11.1 Å². The van der Waals surface area contributed by atoms with Gasteiger partial charge in [0, 0.05) is 30.9 Å². The van der Waals surface area contributed by atoms with E-state index in [2.05, 4.69) is 40.2 Å². The first-order valence-corrected chi connectivity index (χ1v) is 6.87. The van der Waals surface area contributed by atoms with Crippen LogP contribution in [0.15, 0.2) is 48.7 Å². The van der Waals surface area contributed by atoms with E-state index in [1.54, 1.807) is 0 Å². The molecule has 0 radical (unpaired) electrons. The third-order valence-electron chi connectivity index (χ3n) is 3.79. The van der Waals surface area contributed by atoms with Gasteiger partial charge in [0.15, 0.2) is 0 Å². The molecule has 1 aromatic heterocycles. The average molecular weight is 253 g/mol. The van der Waals surface area contributed by atoms with Gasteiger partial charge in [-0.15, -0.1) is 0 Å². The third kappa shape index (κ3) is 2.34. The van der Waals surface area contributed by atoms with Crippen LogP contribution < -0.4 is 10.6 Å². The summed E-state index contributed by atoms with van der Waals surface area (Å²) in [5, 5.41) is 0. The van der Waals surface area contributed by atoms with E-state index in [0.29, 0.717) is 12.6 Å². The fourth-order valence-corrected chi connectivity index (χ4v) is 2.83. The second-order valence-electron chi connectivity index (χ2n) is 4.97. The summed E-state index contributed by atoms with van der Waals surface area (Å²) < 4.78 is 0. The number of nitrogens with two attached hydrogens (primary N) is 1. The molecule has 1 aliphatic heterocycles. The highest BCUT2D eigenvalue weighted by atomic mass is 15.2. The minimum atomic E-state index is 0.428. The van der Waals surface area contributed by atoms with Crippen LogP contribution in [0.4, 0.5) is 5.82 Å². The molecule has 98 valence electrons. The van der Waals surface area contributed by atoms with Crippen LogP contribution in [0.1, 0.15) is 12.8 Å². The van der Waals surface area contributed by atoms with Crippen LogP contribution in [0.25, 0.3) is 11.1 Å². The van der Waals surface area contributed by atoms with Gasteiger partial charge in [0.1, 0.15) is 5.82 Å². The highest BCUT2D eigenvalue weighted by molar-refractivity contribution is 5.76. The lowest BCUT2D eigenvalue weighted by molar-refractivity contribution is 0.672. The topological polar surface area (TPSA) is 42.1 Å². The molecule has 1 fully saturated rings.